The topological polar surface area (TPSA) is 53.4 Å². The summed E-state index contributed by atoms with van der Waals surface area (Å²) < 4.78 is 12.8. The van der Waals surface area contributed by atoms with E-state index in [1.54, 1.807) is 23.6 Å². The number of methoxy groups -OCH3 is 1. The summed E-state index contributed by atoms with van der Waals surface area (Å²) in [4.78, 5) is 13.3. The van der Waals surface area contributed by atoms with Crippen LogP contribution in [0.25, 0.3) is 11.1 Å². The Kier molecular flexibility index (Phi) is 9.58. The predicted molar refractivity (Wildman–Crippen MR) is 119 cm³/mol. The molecule has 0 aliphatic rings. The van der Waals surface area contributed by atoms with Crippen molar-refractivity contribution < 1.29 is 14.3 Å². The molecule has 160 valence electrons. The van der Waals surface area contributed by atoms with Crippen LogP contribution in [0.15, 0.2) is 35.5 Å². The van der Waals surface area contributed by atoms with Crippen LogP contribution in [-0.2, 0) is 16.6 Å². The SMILES string of the molecule is CCCC(C)C(CC)COC(=O)CCSc1ccc(OC)c(-c2cnn(C)c2)c1. The molecule has 0 bridgehead atoms. The van der Waals surface area contributed by atoms with Crippen LogP contribution in [-0.4, -0.2) is 35.2 Å². The highest BCUT2D eigenvalue weighted by molar-refractivity contribution is 7.99. The first kappa shape index (κ1) is 23.3. The zero-order valence-electron chi connectivity index (χ0n) is 18.3. The van der Waals surface area contributed by atoms with Gasteiger partial charge in [0.05, 0.1) is 26.3 Å². The van der Waals surface area contributed by atoms with E-state index in [1.165, 1.54) is 12.8 Å². The van der Waals surface area contributed by atoms with Crippen LogP contribution in [0.4, 0.5) is 0 Å². The summed E-state index contributed by atoms with van der Waals surface area (Å²) in [7, 11) is 3.56. The number of aryl methyl sites for hydroxylation is 1. The van der Waals surface area contributed by atoms with Crippen molar-refractivity contribution in [3.8, 4) is 16.9 Å². The summed E-state index contributed by atoms with van der Waals surface area (Å²) in [5.41, 5.74) is 2.02. The maximum atomic E-state index is 12.2. The number of aromatic nitrogens is 2. The highest BCUT2D eigenvalue weighted by atomic mass is 32.2. The molecule has 0 aliphatic heterocycles. The molecular formula is C23H34N2O3S. The number of benzene rings is 1. The van der Waals surface area contributed by atoms with Gasteiger partial charge in [-0.3, -0.25) is 9.48 Å². The first-order chi connectivity index (χ1) is 14.0. The minimum absolute atomic E-state index is 0.111. The van der Waals surface area contributed by atoms with Gasteiger partial charge in [0, 0.05) is 35.0 Å². The lowest BCUT2D eigenvalue weighted by Gasteiger charge is -2.21. The summed E-state index contributed by atoms with van der Waals surface area (Å²) >= 11 is 1.65. The van der Waals surface area contributed by atoms with E-state index in [2.05, 4.69) is 31.9 Å². The van der Waals surface area contributed by atoms with E-state index >= 15 is 0 Å². The Morgan fingerprint density at radius 1 is 1.31 bits per heavy atom. The predicted octanol–water partition coefficient (Wildman–Crippen LogP) is 5.58. The first-order valence-corrected chi connectivity index (χ1v) is 11.4. The molecule has 0 N–H and O–H groups in total. The van der Waals surface area contributed by atoms with Crippen LogP contribution in [0.2, 0.25) is 0 Å². The fourth-order valence-corrected chi connectivity index (χ4v) is 4.33. The Balaban J connectivity index is 1.86. The van der Waals surface area contributed by atoms with Gasteiger partial charge in [-0.15, -0.1) is 11.8 Å². The quantitative estimate of drug-likeness (QED) is 0.332. The molecule has 0 saturated carbocycles. The summed E-state index contributed by atoms with van der Waals surface area (Å²) in [5, 5.41) is 4.24. The van der Waals surface area contributed by atoms with E-state index in [0.717, 1.165) is 28.2 Å². The third kappa shape index (κ3) is 7.11. The molecule has 2 aromatic rings. The molecule has 2 unspecified atom stereocenters. The van der Waals surface area contributed by atoms with Crippen LogP contribution in [0.1, 0.15) is 46.5 Å². The van der Waals surface area contributed by atoms with Crippen LogP contribution < -0.4 is 4.74 Å². The molecule has 0 amide bonds. The normalized spacial score (nSPS) is 13.1. The van der Waals surface area contributed by atoms with Gasteiger partial charge in [0.25, 0.3) is 0 Å². The molecule has 0 saturated heterocycles. The van der Waals surface area contributed by atoms with E-state index < -0.39 is 0 Å². The van der Waals surface area contributed by atoms with Gasteiger partial charge in [-0.1, -0.05) is 33.6 Å². The smallest absolute Gasteiger partial charge is 0.306 e. The van der Waals surface area contributed by atoms with Gasteiger partial charge in [0.15, 0.2) is 0 Å². The molecule has 0 radical (unpaired) electrons. The van der Waals surface area contributed by atoms with E-state index in [-0.39, 0.29) is 5.97 Å². The van der Waals surface area contributed by atoms with Crippen molar-refractivity contribution >= 4 is 17.7 Å². The second kappa shape index (κ2) is 11.9. The molecule has 1 aromatic heterocycles. The third-order valence-electron chi connectivity index (χ3n) is 5.29. The standard InChI is InChI=1S/C23H34N2O3S/c1-6-8-17(3)18(7-2)16-28-23(26)11-12-29-20-9-10-22(27-5)21(13-20)19-14-24-25(4)15-19/h9-10,13-15,17-18H,6-8,11-12,16H2,1-5H3. The number of esters is 1. The average Bonchev–Trinajstić information content (AvgIpc) is 3.14. The van der Waals surface area contributed by atoms with Gasteiger partial charge in [-0.25, -0.2) is 0 Å². The maximum absolute atomic E-state index is 12.2. The van der Waals surface area contributed by atoms with Crippen molar-refractivity contribution in [3.05, 3.63) is 30.6 Å². The van der Waals surface area contributed by atoms with Crippen molar-refractivity contribution in [2.75, 3.05) is 19.5 Å². The maximum Gasteiger partial charge on any atom is 0.306 e. The number of ether oxygens (including phenoxy) is 2. The van der Waals surface area contributed by atoms with Crippen molar-refractivity contribution in [2.45, 2.75) is 51.3 Å². The summed E-state index contributed by atoms with van der Waals surface area (Å²) in [6.45, 7) is 7.16. The number of thioether (sulfide) groups is 1. The Morgan fingerprint density at radius 2 is 2.10 bits per heavy atom. The van der Waals surface area contributed by atoms with Crippen LogP contribution in [0, 0.1) is 11.8 Å². The lowest BCUT2D eigenvalue weighted by atomic mass is 9.89. The lowest BCUT2D eigenvalue weighted by Crippen LogP contribution is -2.20. The monoisotopic (exact) mass is 418 g/mol. The second-order valence-corrected chi connectivity index (χ2v) is 8.65. The summed E-state index contributed by atoms with van der Waals surface area (Å²) in [6, 6.07) is 6.07. The van der Waals surface area contributed by atoms with Gasteiger partial charge in [-0.05, 0) is 36.5 Å². The first-order valence-electron chi connectivity index (χ1n) is 10.4. The number of rotatable bonds is 12. The second-order valence-electron chi connectivity index (χ2n) is 7.48. The van der Waals surface area contributed by atoms with Gasteiger partial charge in [0.2, 0.25) is 0 Å². The van der Waals surface area contributed by atoms with Crippen LogP contribution in [0.3, 0.4) is 0 Å². The summed E-state index contributed by atoms with van der Waals surface area (Å²) in [5.74, 6) is 2.45. The molecule has 0 spiro atoms. The molecule has 1 heterocycles. The molecule has 29 heavy (non-hydrogen) atoms. The van der Waals surface area contributed by atoms with E-state index in [0.29, 0.717) is 30.6 Å². The zero-order chi connectivity index (χ0) is 21.2. The molecule has 2 rings (SSSR count). The number of hydrogen-bond donors (Lipinski definition) is 0. The number of nitrogens with zero attached hydrogens (tertiary/aromatic N) is 2. The van der Waals surface area contributed by atoms with Gasteiger partial charge in [-0.2, -0.15) is 5.10 Å². The van der Waals surface area contributed by atoms with Gasteiger partial charge >= 0.3 is 5.97 Å². The van der Waals surface area contributed by atoms with E-state index in [4.69, 9.17) is 9.47 Å². The van der Waals surface area contributed by atoms with E-state index in [9.17, 15) is 4.79 Å². The fourth-order valence-electron chi connectivity index (χ4n) is 3.46. The highest BCUT2D eigenvalue weighted by Gasteiger charge is 2.17. The van der Waals surface area contributed by atoms with Crippen molar-refractivity contribution in [1.29, 1.82) is 0 Å². The summed E-state index contributed by atoms with van der Waals surface area (Å²) in [6.07, 6.45) is 7.61. The molecule has 1 aromatic carbocycles. The third-order valence-corrected chi connectivity index (χ3v) is 6.29. The fraction of sp³-hybridized carbons (Fsp3) is 0.565. The Morgan fingerprint density at radius 3 is 2.72 bits per heavy atom. The number of hydrogen-bond acceptors (Lipinski definition) is 5. The lowest BCUT2D eigenvalue weighted by molar-refractivity contribution is -0.145. The van der Waals surface area contributed by atoms with Crippen LogP contribution in [0.5, 0.6) is 5.75 Å². The van der Waals surface area contributed by atoms with Crippen LogP contribution >= 0.6 is 11.8 Å². The van der Waals surface area contributed by atoms with Crippen molar-refractivity contribution in [1.82, 2.24) is 9.78 Å². The molecular weight excluding hydrogens is 384 g/mol. The van der Waals surface area contributed by atoms with Crippen molar-refractivity contribution in [3.63, 3.8) is 0 Å². The Labute approximate surface area is 179 Å². The largest absolute Gasteiger partial charge is 0.496 e. The van der Waals surface area contributed by atoms with Crippen molar-refractivity contribution in [2.24, 2.45) is 18.9 Å². The highest BCUT2D eigenvalue weighted by Crippen LogP contribution is 2.34. The van der Waals surface area contributed by atoms with Gasteiger partial charge in [0.1, 0.15) is 5.75 Å². The Hall–Kier alpha value is -1.95. The molecule has 2 atom stereocenters. The van der Waals surface area contributed by atoms with E-state index in [1.807, 2.05) is 31.6 Å². The minimum atomic E-state index is -0.111. The number of carbonyl (C=O) groups is 1. The Bertz CT molecular complexity index is 775. The zero-order valence-corrected chi connectivity index (χ0v) is 19.1. The molecule has 5 nitrogen and oxygen atoms in total. The number of carbonyl (C=O) groups excluding carboxylic acids is 1. The molecule has 6 heteroatoms. The minimum Gasteiger partial charge on any atom is -0.496 e. The molecule has 0 fully saturated rings. The van der Waals surface area contributed by atoms with Gasteiger partial charge < -0.3 is 9.47 Å². The molecule has 0 aliphatic carbocycles. The average molecular weight is 419 g/mol.